The number of phenols is 1. The lowest BCUT2D eigenvalue weighted by Crippen LogP contribution is -2.33. The number of aromatic nitrogens is 2. The van der Waals surface area contributed by atoms with Crippen molar-refractivity contribution < 1.29 is 27.5 Å². The van der Waals surface area contributed by atoms with Crippen LogP contribution in [0.15, 0.2) is 42.5 Å². The number of hydrogen-bond donors (Lipinski definition) is 2. The van der Waals surface area contributed by atoms with E-state index in [1.165, 1.54) is 12.1 Å². The molecule has 0 fully saturated rings. The van der Waals surface area contributed by atoms with Crippen LogP contribution < -0.4 is 5.32 Å². The molecule has 180 valence electrons. The molecule has 0 saturated heterocycles. The Hall–Kier alpha value is -3.07. The molecule has 2 N–H and O–H groups in total. The van der Waals surface area contributed by atoms with Crippen LogP contribution >= 0.6 is 11.6 Å². The summed E-state index contributed by atoms with van der Waals surface area (Å²) in [6.45, 7) is 1.54. The molecule has 4 rings (SSSR count). The lowest BCUT2D eigenvalue weighted by atomic mass is 9.76. The molecule has 0 radical (unpaired) electrons. The van der Waals surface area contributed by atoms with E-state index in [9.17, 15) is 27.5 Å². The molecule has 2 unspecified atom stereocenters. The summed E-state index contributed by atoms with van der Waals surface area (Å²) in [6.07, 6.45) is -2.18. The van der Waals surface area contributed by atoms with Crippen molar-refractivity contribution in [2.75, 3.05) is 0 Å². The molecule has 1 aliphatic rings. The van der Waals surface area contributed by atoms with Gasteiger partial charge in [-0.25, -0.2) is 9.07 Å². The monoisotopic (exact) mass is 495 g/mol. The first-order valence-corrected chi connectivity index (χ1v) is 11.1. The minimum atomic E-state index is -4.70. The quantitative estimate of drug-likeness (QED) is 0.442. The summed E-state index contributed by atoms with van der Waals surface area (Å²) in [7, 11) is 0. The van der Waals surface area contributed by atoms with Gasteiger partial charge in [0.05, 0.1) is 22.9 Å². The maximum atomic E-state index is 13.5. The number of aromatic hydroxyl groups is 1. The zero-order chi connectivity index (χ0) is 24.6. The molecule has 0 bridgehead atoms. The minimum absolute atomic E-state index is 0.0669. The predicted molar refractivity (Wildman–Crippen MR) is 118 cm³/mol. The number of hydrogen-bond acceptors (Lipinski definition) is 3. The van der Waals surface area contributed by atoms with Crippen LogP contribution in [0.4, 0.5) is 17.6 Å². The second kappa shape index (κ2) is 9.29. The molecule has 1 aromatic heterocycles. The Bertz CT molecular complexity index is 1230. The van der Waals surface area contributed by atoms with E-state index in [-0.39, 0.29) is 40.5 Å². The Labute approximate surface area is 198 Å². The van der Waals surface area contributed by atoms with Crippen LogP contribution in [0, 0.1) is 11.7 Å². The Kier molecular flexibility index (Phi) is 6.58. The Morgan fingerprint density at radius 2 is 2.03 bits per heavy atom. The van der Waals surface area contributed by atoms with Crippen molar-refractivity contribution in [3.8, 4) is 11.4 Å². The van der Waals surface area contributed by atoms with Crippen LogP contribution in [0.2, 0.25) is 5.02 Å². The standard InChI is InChI=1S/C24H22ClF4N3O2/c1-13(18-4-2-3-14-5-7-17(33)11-19(14)18)23(34)30-12-16-10-22(24(27,28)29)31-32(16)15-6-8-21(26)20(25)9-15/h5-11,13,18,33H,2-4,12H2,1H3,(H,30,34). The molecule has 2 atom stereocenters. The van der Waals surface area contributed by atoms with Crippen LogP contribution in [-0.4, -0.2) is 20.8 Å². The fraction of sp³-hybridized carbons (Fsp3) is 0.333. The van der Waals surface area contributed by atoms with E-state index in [4.69, 9.17) is 11.6 Å². The number of fused-ring (bicyclic) bond motifs is 1. The number of carbonyl (C=O) groups is 1. The van der Waals surface area contributed by atoms with Gasteiger partial charge in [0.1, 0.15) is 11.6 Å². The Balaban J connectivity index is 1.56. The second-order valence-corrected chi connectivity index (χ2v) is 8.82. The van der Waals surface area contributed by atoms with Gasteiger partial charge in [0.15, 0.2) is 5.69 Å². The average Bonchev–Trinajstić information content (AvgIpc) is 3.23. The third-order valence-electron chi connectivity index (χ3n) is 6.17. The molecule has 0 spiro atoms. The molecule has 0 saturated carbocycles. The molecule has 10 heteroatoms. The summed E-state index contributed by atoms with van der Waals surface area (Å²) in [6, 6.07) is 9.45. The van der Waals surface area contributed by atoms with E-state index < -0.39 is 23.6 Å². The summed E-state index contributed by atoms with van der Waals surface area (Å²) in [5.74, 6) is -1.52. The van der Waals surface area contributed by atoms with Crippen LogP contribution in [0.3, 0.4) is 0 Å². The zero-order valence-corrected chi connectivity index (χ0v) is 18.9. The van der Waals surface area contributed by atoms with E-state index in [2.05, 4.69) is 10.4 Å². The molecular formula is C24H22ClF4N3O2. The van der Waals surface area contributed by atoms with Gasteiger partial charge in [-0.05, 0) is 72.7 Å². The van der Waals surface area contributed by atoms with E-state index in [0.717, 1.165) is 47.2 Å². The number of rotatable bonds is 5. The topological polar surface area (TPSA) is 67.2 Å². The van der Waals surface area contributed by atoms with E-state index in [0.29, 0.717) is 0 Å². The maximum Gasteiger partial charge on any atom is 0.435 e. The van der Waals surface area contributed by atoms with Crippen molar-refractivity contribution in [3.63, 3.8) is 0 Å². The number of halogens is 5. The normalized spacial score (nSPS) is 16.7. The number of phenolic OH excluding ortho intramolecular Hbond substituents is 1. The summed E-state index contributed by atoms with van der Waals surface area (Å²) < 4.78 is 54.5. The first-order valence-electron chi connectivity index (χ1n) is 10.8. The second-order valence-electron chi connectivity index (χ2n) is 8.42. The molecule has 1 heterocycles. The van der Waals surface area contributed by atoms with Gasteiger partial charge >= 0.3 is 6.18 Å². The maximum absolute atomic E-state index is 13.5. The van der Waals surface area contributed by atoms with Crippen molar-refractivity contribution in [1.82, 2.24) is 15.1 Å². The van der Waals surface area contributed by atoms with Gasteiger partial charge in [0.25, 0.3) is 0 Å². The lowest BCUT2D eigenvalue weighted by Gasteiger charge is -2.30. The SMILES string of the molecule is CC(C(=O)NCc1cc(C(F)(F)F)nn1-c1ccc(F)c(Cl)c1)C1CCCc2ccc(O)cc21. The number of amides is 1. The third-order valence-corrected chi connectivity index (χ3v) is 6.46. The Morgan fingerprint density at radius 1 is 1.26 bits per heavy atom. The van der Waals surface area contributed by atoms with E-state index >= 15 is 0 Å². The highest BCUT2D eigenvalue weighted by Crippen LogP contribution is 2.38. The molecule has 0 aliphatic heterocycles. The lowest BCUT2D eigenvalue weighted by molar-refractivity contribution is -0.141. The average molecular weight is 496 g/mol. The van der Waals surface area contributed by atoms with Crippen molar-refractivity contribution in [2.45, 2.75) is 44.8 Å². The highest BCUT2D eigenvalue weighted by molar-refractivity contribution is 6.30. The van der Waals surface area contributed by atoms with Crippen LogP contribution in [0.1, 0.15) is 48.2 Å². The molecule has 1 aliphatic carbocycles. The highest BCUT2D eigenvalue weighted by atomic mass is 35.5. The first kappa shape index (κ1) is 24.1. The molecule has 5 nitrogen and oxygen atoms in total. The number of carbonyl (C=O) groups excluding carboxylic acids is 1. The van der Waals surface area contributed by atoms with E-state index in [1.54, 1.807) is 19.1 Å². The van der Waals surface area contributed by atoms with Gasteiger partial charge in [0.2, 0.25) is 5.91 Å². The molecule has 3 aromatic rings. The number of aryl methyl sites for hydroxylation is 1. The van der Waals surface area contributed by atoms with Crippen LogP contribution in [-0.2, 0) is 23.9 Å². The largest absolute Gasteiger partial charge is 0.508 e. The van der Waals surface area contributed by atoms with Crippen LogP contribution in [0.5, 0.6) is 5.75 Å². The molecule has 34 heavy (non-hydrogen) atoms. The zero-order valence-electron chi connectivity index (χ0n) is 18.2. The summed E-state index contributed by atoms with van der Waals surface area (Å²) >= 11 is 5.79. The number of nitrogens with zero attached hydrogens (tertiary/aromatic N) is 2. The number of benzene rings is 2. The minimum Gasteiger partial charge on any atom is -0.508 e. The number of alkyl halides is 3. The van der Waals surface area contributed by atoms with Crippen LogP contribution in [0.25, 0.3) is 5.69 Å². The van der Waals surface area contributed by atoms with Crippen molar-refractivity contribution >= 4 is 17.5 Å². The smallest absolute Gasteiger partial charge is 0.435 e. The first-order chi connectivity index (χ1) is 16.0. The summed E-state index contributed by atoms with van der Waals surface area (Å²) in [4.78, 5) is 13.0. The predicted octanol–water partition coefficient (Wildman–Crippen LogP) is 5.76. The van der Waals surface area contributed by atoms with Crippen molar-refractivity contribution in [3.05, 3.63) is 75.8 Å². The van der Waals surface area contributed by atoms with Gasteiger partial charge in [-0.15, -0.1) is 0 Å². The van der Waals surface area contributed by atoms with E-state index in [1.807, 2.05) is 6.07 Å². The Morgan fingerprint density at radius 3 is 2.74 bits per heavy atom. The fourth-order valence-corrected chi connectivity index (χ4v) is 4.56. The number of nitrogens with one attached hydrogen (secondary N) is 1. The van der Waals surface area contributed by atoms with Gasteiger partial charge in [0, 0.05) is 5.92 Å². The molecule has 2 aromatic carbocycles. The van der Waals surface area contributed by atoms with Gasteiger partial charge in [-0.3, -0.25) is 4.79 Å². The van der Waals surface area contributed by atoms with Gasteiger partial charge < -0.3 is 10.4 Å². The van der Waals surface area contributed by atoms with Crippen molar-refractivity contribution in [2.24, 2.45) is 5.92 Å². The van der Waals surface area contributed by atoms with Gasteiger partial charge in [-0.1, -0.05) is 24.6 Å². The third kappa shape index (κ3) is 4.89. The fourth-order valence-electron chi connectivity index (χ4n) is 4.39. The summed E-state index contributed by atoms with van der Waals surface area (Å²) in [5, 5.41) is 15.9. The van der Waals surface area contributed by atoms with Gasteiger partial charge in [-0.2, -0.15) is 18.3 Å². The summed E-state index contributed by atoms with van der Waals surface area (Å²) in [5.41, 5.74) is 1.06. The molecular weight excluding hydrogens is 474 g/mol. The highest BCUT2D eigenvalue weighted by Gasteiger charge is 2.35. The van der Waals surface area contributed by atoms with Crippen molar-refractivity contribution in [1.29, 1.82) is 0 Å². The molecule has 1 amide bonds.